The number of hydrogen-bond donors (Lipinski definition) is 1. The van der Waals surface area contributed by atoms with E-state index in [4.69, 9.17) is 5.73 Å². The summed E-state index contributed by atoms with van der Waals surface area (Å²) in [6.07, 6.45) is 4.90. The van der Waals surface area contributed by atoms with Crippen molar-refractivity contribution in [2.75, 3.05) is 31.1 Å². The summed E-state index contributed by atoms with van der Waals surface area (Å²) < 4.78 is 13.7. The van der Waals surface area contributed by atoms with Gasteiger partial charge in [0.05, 0.1) is 0 Å². The molecule has 2 saturated heterocycles. The van der Waals surface area contributed by atoms with Crippen molar-refractivity contribution in [3.63, 3.8) is 0 Å². The van der Waals surface area contributed by atoms with E-state index in [2.05, 4.69) is 14.8 Å². The minimum Gasteiger partial charge on any atom is -0.353 e. The molecule has 1 aromatic heterocycles. The summed E-state index contributed by atoms with van der Waals surface area (Å²) in [5, 5.41) is 0. The number of hydrogen-bond acceptors (Lipinski definition) is 4. The maximum atomic E-state index is 13.7. The molecular formula is C14H21FN4. The van der Waals surface area contributed by atoms with Crippen LogP contribution in [0, 0.1) is 5.82 Å². The molecule has 0 aromatic carbocycles. The molecule has 0 aliphatic carbocycles. The molecule has 0 spiro atoms. The highest BCUT2D eigenvalue weighted by molar-refractivity contribution is 5.41. The Bertz CT molecular complexity index is 431. The van der Waals surface area contributed by atoms with Crippen molar-refractivity contribution < 1.29 is 4.39 Å². The highest BCUT2D eigenvalue weighted by Gasteiger charge is 2.31. The average molecular weight is 264 g/mol. The van der Waals surface area contributed by atoms with Crippen LogP contribution in [0.15, 0.2) is 18.3 Å². The molecule has 2 aliphatic heterocycles. The van der Waals surface area contributed by atoms with Crippen LogP contribution in [0.5, 0.6) is 0 Å². The smallest absolute Gasteiger partial charge is 0.165 e. The Morgan fingerprint density at radius 1 is 1.21 bits per heavy atom. The van der Waals surface area contributed by atoms with E-state index in [0.717, 1.165) is 45.4 Å². The first-order chi connectivity index (χ1) is 9.24. The van der Waals surface area contributed by atoms with Crippen molar-refractivity contribution in [3.05, 3.63) is 24.1 Å². The second-order valence-corrected chi connectivity index (χ2v) is 5.57. The number of nitrogens with zero attached hydrogens (tertiary/aromatic N) is 3. The molecule has 1 unspecified atom stereocenters. The molecule has 3 rings (SSSR count). The predicted octanol–water partition coefficient (Wildman–Crippen LogP) is 1.22. The van der Waals surface area contributed by atoms with E-state index in [0.29, 0.717) is 17.9 Å². The lowest BCUT2D eigenvalue weighted by atomic mass is 10.0. The molecule has 4 nitrogen and oxygen atoms in total. The largest absolute Gasteiger partial charge is 0.353 e. The van der Waals surface area contributed by atoms with E-state index in [9.17, 15) is 4.39 Å². The molecule has 5 heteroatoms. The van der Waals surface area contributed by atoms with Gasteiger partial charge < -0.3 is 10.6 Å². The van der Waals surface area contributed by atoms with Crippen LogP contribution in [0.2, 0.25) is 0 Å². The summed E-state index contributed by atoms with van der Waals surface area (Å²) in [5.41, 5.74) is 5.94. The molecule has 104 valence electrons. The molecule has 0 radical (unpaired) electrons. The van der Waals surface area contributed by atoms with Gasteiger partial charge in [-0.25, -0.2) is 9.37 Å². The summed E-state index contributed by atoms with van der Waals surface area (Å²) in [6, 6.07) is 4.00. The van der Waals surface area contributed by atoms with E-state index in [1.807, 2.05) is 0 Å². The van der Waals surface area contributed by atoms with Gasteiger partial charge in [0, 0.05) is 31.4 Å². The molecule has 2 N–H and O–H groups in total. The van der Waals surface area contributed by atoms with E-state index in [1.165, 1.54) is 6.07 Å². The van der Waals surface area contributed by atoms with Crippen LogP contribution in [0.4, 0.5) is 10.2 Å². The first kappa shape index (κ1) is 12.8. The fourth-order valence-electron chi connectivity index (χ4n) is 3.13. The lowest BCUT2D eigenvalue weighted by Crippen LogP contribution is -2.46. The van der Waals surface area contributed by atoms with Gasteiger partial charge in [-0.15, -0.1) is 0 Å². The Morgan fingerprint density at radius 2 is 2.00 bits per heavy atom. The lowest BCUT2D eigenvalue weighted by molar-refractivity contribution is 0.163. The van der Waals surface area contributed by atoms with Gasteiger partial charge in [0.15, 0.2) is 11.6 Å². The van der Waals surface area contributed by atoms with Gasteiger partial charge in [0.2, 0.25) is 0 Å². The fraction of sp³-hybridized carbons (Fsp3) is 0.643. The topological polar surface area (TPSA) is 45.4 Å². The second kappa shape index (κ2) is 5.43. The van der Waals surface area contributed by atoms with Gasteiger partial charge in [0.1, 0.15) is 0 Å². The normalized spacial score (nSPS) is 26.0. The zero-order valence-electron chi connectivity index (χ0n) is 11.1. The summed E-state index contributed by atoms with van der Waals surface area (Å²) in [7, 11) is 0. The van der Waals surface area contributed by atoms with Gasteiger partial charge in [0.25, 0.3) is 0 Å². The van der Waals surface area contributed by atoms with Crippen molar-refractivity contribution in [1.82, 2.24) is 9.88 Å². The molecule has 0 saturated carbocycles. The molecule has 1 atom stereocenters. The van der Waals surface area contributed by atoms with Crippen molar-refractivity contribution in [2.45, 2.75) is 31.3 Å². The standard InChI is InChI=1S/C14H21FN4/c15-13-2-1-6-17-14(13)19-9-5-12(10-19)18-7-3-11(16)4-8-18/h1-2,6,11-12H,3-5,7-10,16H2. The van der Waals surface area contributed by atoms with Gasteiger partial charge >= 0.3 is 0 Å². The fourth-order valence-corrected chi connectivity index (χ4v) is 3.13. The van der Waals surface area contributed by atoms with Gasteiger partial charge in [-0.2, -0.15) is 0 Å². The van der Waals surface area contributed by atoms with E-state index < -0.39 is 0 Å². The van der Waals surface area contributed by atoms with Crippen molar-refractivity contribution >= 4 is 5.82 Å². The predicted molar refractivity (Wildman–Crippen MR) is 73.6 cm³/mol. The minimum absolute atomic E-state index is 0.219. The third kappa shape index (κ3) is 2.72. The van der Waals surface area contributed by atoms with E-state index in [-0.39, 0.29) is 5.82 Å². The minimum atomic E-state index is -0.219. The number of piperidine rings is 1. The highest BCUT2D eigenvalue weighted by Crippen LogP contribution is 2.25. The molecule has 1 aromatic rings. The quantitative estimate of drug-likeness (QED) is 0.872. The molecule has 0 amide bonds. The second-order valence-electron chi connectivity index (χ2n) is 5.57. The van der Waals surface area contributed by atoms with Crippen molar-refractivity contribution in [1.29, 1.82) is 0 Å². The summed E-state index contributed by atoms with van der Waals surface area (Å²) >= 11 is 0. The Morgan fingerprint density at radius 3 is 2.74 bits per heavy atom. The summed E-state index contributed by atoms with van der Waals surface area (Å²) in [4.78, 5) is 8.73. The molecule has 19 heavy (non-hydrogen) atoms. The molecule has 0 bridgehead atoms. The molecule has 2 aliphatic rings. The Balaban J connectivity index is 1.63. The maximum absolute atomic E-state index is 13.7. The number of rotatable bonds is 2. The monoisotopic (exact) mass is 264 g/mol. The van der Waals surface area contributed by atoms with Gasteiger partial charge in [-0.1, -0.05) is 0 Å². The van der Waals surface area contributed by atoms with Crippen molar-refractivity contribution in [3.8, 4) is 0 Å². The van der Waals surface area contributed by atoms with Crippen LogP contribution < -0.4 is 10.6 Å². The number of pyridine rings is 1. The number of halogens is 1. The molecular weight excluding hydrogens is 243 g/mol. The average Bonchev–Trinajstić information content (AvgIpc) is 2.89. The number of anilines is 1. The van der Waals surface area contributed by atoms with Gasteiger partial charge in [-0.05, 0) is 44.5 Å². The Kier molecular flexibility index (Phi) is 3.66. The Labute approximate surface area is 113 Å². The molecule has 2 fully saturated rings. The first-order valence-corrected chi connectivity index (χ1v) is 7.09. The maximum Gasteiger partial charge on any atom is 0.165 e. The number of likely N-dealkylation sites (tertiary alicyclic amines) is 1. The van der Waals surface area contributed by atoms with E-state index >= 15 is 0 Å². The zero-order valence-corrected chi connectivity index (χ0v) is 11.1. The Hall–Kier alpha value is -1.20. The van der Waals surface area contributed by atoms with Crippen LogP contribution in [-0.4, -0.2) is 48.1 Å². The van der Waals surface area contributed by atoms with Crippen LogP contribution >= 0.6 is 0 Å². The van der Waals surface area contributed by atoms with Crippen LogP contribution in [0.1, 0.15) is 19.3 Å². The first-order valence-electron chi connectivity index (χ1n) is 7.09. The summed E-state index contributed by atoms with van der Waals surface area (Å²) in [5.74, 6) is 0.280. The van der Waals surface area contributed by atoms with Crippen LogP contribution in [0.25, 0.3) is 0 Å². The van der Waals surface area contributed by atoms with Crippen LogP contribution in [-0.2, 0) is 0 Å². The SMILES string of the molecule is NC1CCN(C2CCN(c3ncccc3F)C2)CC1. The third-order valence-corrected chi connectivity index (χ3v) is 4.29. The van der Waals surface area contributed by atoms with Crippen molar-refractivity contribution in [2.24, 2.45) is 5.73 Å². The third-order valence-electron chi connectivity index (χ3n) is 4.29. The van der Waals surface area contributed by atoms with Crippen LogP contribution in [0.3, 0.4) is 0 Å². The highest BCUT2D eigenvalue weighted by atomic mass is 19.1. The summed E-state index contributed by atoms with van der Waals surface area (Å²) in [6.45, 7) is 3.92. The lowest BCUT2D eigenvalue weighted by Gasteiger charge is -2.34. The number of aromatic nitrogens is 1. The molecule has 3 heterocycles. The number of nitrogens with two attached hydrogens (primary N) is 1. The van der Waals surface area contributed by atoms with E-state index in [1.54, 1.807) is 12.3 Å². The van der Waals surface area contributed by atoms with Gasteiger partial charge in [-0.3, -0.25) is 4.90 Å². The zero-order chi connectivity index (χ0) is 13.2.